The van der Waals surface area contributed by atoms with Crippen LogP contribution in [0.3, 0.4) is 0 Å². The second-order valence-electron chi connectivity index (χ2n) is 4.40. The Morgan fingerprint density at radius 3 is 2.52 bits per heavy atom. The van der Waals surface area contributed by atoms with Gasteiger partial charge in [-0.05, 0) is 64.8 Å². The van der Waals surface area contributed by atoms with E-state index < -0.39 is 0 Å². The van der Waals surface area contributed by atoms with Crippen LogP contribution in [0.2, 0.25) is 5.02 Å². The van der Waals surface area contributed by atoms with Crippen molar-refractivity contribution >= 4 is 33.2 Å². The fraction of sp³-hybridized carbons (Fsp3) is 0.250. The van der Waals surface area contributed by atoms with E-state index in [2.05, 4.69) is 21.2 Å². The Bertz CT molecular complexity index is 602. The van der Waals surface area contributed by atoms with Crippen molar-refractivity contribution in [2.45, 2.75) is 13.5 Å². The normalized spacial score (nSPS) is 10.3. The van der Waals surface area contributed by atoms with E-state index in [4.69, 9.17) is 21.1 Å². The summed E-state index contributed by atoms with van der Waals surface area (Å²) in [4.78, 5) is 0. The first-order valence-corrected chi connectivity index (χ1v) is 7.79. The number of methoxy groups -OCH3 is 1. The molecule has 2 rings (SSSR count). The Hall–Kier alpha value is -1.39. The molecule has 2 aromatic rings. The molecule has 0 heterocycles. The lowest BCUT2D eigenvalue weighted by atomic mass is 10.2. The predicted molar refractivity (Wildman–Crippen MR) is 90.6 cm³/mol. The highest BCUT2D eigenvalue weighted by Gasteiger charge is 2.11. The van der Waals surface area contributed by atoms with Crippen molar-refractivity contribution in [3.05, 3.63) is 51.5 Å². The van der Waals surface area contributed by atoms with Crippen molar-refractivity contribution in [3.8, 4) is 11.5 Å². The fourth-order valence-electron chi connectivity index (χ4n) is 1.96. The quantitative estimate of drug-likeness (QED) is 0.765. The molecule has 0 unspecified atom stereocenters. The van der Waals surface area contributed by atoms with Crippen LogP contribution >= 0.6 is 27.5 Å². The maximum absolute atomic E-state index is 5.87. The summed E-state index contributed by atoms with van der Waals surface area (Å²) in [7, 11) is 1.63. The van der Waals surface area contributed by atoms with E-state index in [1.54, 1.807) is 7.11 Å². The van der Waals surface area contributed by atoms with Gasteiger partial charge in [-0.25, -0.2) is 0 Å². The Morgan fingerprint density at radius 2 is 1.90 bits per heavy atom. The minimum Gasteiger partial charge on any atom is -0.492 e. The van der Waals surface area contributed by atoms with Gasteiger partial charge in [0.25, 0.3) is 0 Å². The van der Waals surface area contributed by atoms with E-state index in [9.17, 15) is 0 Å². The lowest BCUT2D eigenvalue weighted by molar-refractivity contribution is 0.309. The molecule has 0 aliphatic rings. The van der Waals surface area contributed by atoms with Crippen molar-refractivity contribution in [1.29, 1.82) is 0 Å². The molecule has 0 bridgehead atoms. The minimum absolute atomic E-state index is 0.594. The van der Waals surface area contributed by atoms with Crippen LogP contribution in [0.25, 0.3) is 0 Å². The number of anilines is 1. The Kier molecular flexibility index (Phi) is 5.76. The maximum Gasteiger partial charge on any atom is 0.174 e. The highest BCUT2D eigenvalue weighted by molar-refractivity contribution is 9.10. The van der Waals surface area contributed by atoms with E-state index in [1.165, 1.54) is 0 Å². The summed E-state index contributed by atoms with van der Waals surface area (Å²) >= 11 is 9.39. The first-order valence-electron chi connectivity index (χ1n) is 6.62. The summed E-state index contributed by atoms with van der Waals surface area (Å²) in [6.45, 7) is 3.23. The maximum atomic E-state index is 5.87. The van der Waals surface area contributed by atoms with Gasteiger partial charge < -0.3 is 14.8 Å². The van der Waals surface area contributed by atoms with Gasteiger partial charge in [0.1, 0.15) is 0 Å². The molecule has 0 saturated heterocycles. The zero-order valence-electron chi connectivity index (χ0n) is 12.0. The highest BCUT2D eigenvalue weighted by Crippen LogP contribution is 2.36. The summed E-state index contributed by atoms with van der Waals surface area (Å²) in [6, 6.07) is 11.6. The molecule has 0 radical (unpaired) electrons. The van der Waals surface area contributed by atoms with Crippen LogP contribution < -0.4 is 14.8 Å². The van der Waals surface area contributed by atoms with Crippen LogP contribution in [-0.4, -0.2) is 13.7 Å². The van der Waals surface area contributed by atoms with E-state index in [-0.39, 0.29) is 0 Å². The molecule has 112 valence electrons. The number of benzene rings is 2. The molecule has 0 fully saturated rings. The molecular formula is C16H17BrClNO2. The summed E-state index contributed by atoms with van der Waals surface area (Å²) in [5, 5.41) is 4.07. The van der Waals surface area contributed by atoms with Crippen molar-refractivity contribution in [1.82, 2.24) is 0 Å². The third-order valence-electron chi connectivity index (χ3n) is 2.91. The largest absolute Gasteiger partial charge is 0.492 e. The predicted octanol–water partition coefficient (Wildman–Crippen LogP) is 5.12. The SMILES string of the molecule is CCOc1cc(CNc2ccc(Cl)cc2)cc(Br)c1OC. The van der Waals surface area contributed by atoms with E-state index in [0.717, 1.165) is 26.5 Å². The number of nitrogens with one attached hydrogen (secondary N) is 1. The average molecular weight is 371 g/mol. The van der Waals surface area contributed by atoms with Gasteiger partial charge in [-0.15, -0.1) is 0 Å². The van der Waals surface area contributed by atoms with E-state index in [1.807, 2.05) is 43.3 Å². The van der Waals surface area contributed by atoms with Crippen LogP contribution in [0.4, 0.5) is 5.69 Å². The summed E-state index contributed by atoms with van der Waals surface area (Å²) in [5.74, 6) is 1.45. The van der Waals surface area contributed by atoms with Gasteiger partial charge in [0.05, 0.1) is 18.2 Å². The summed E-state index contributed by atoms with van der Waals surface area (Å²) in [6.07, 6.45) is 0. The van der Waals surface area contributed by atoms with Crippen LogP contribution in [0.1, 0.15) is 12.5 Å². The molecule has 1 N–H and O–H groups in total. The lowest BCUT2D eigenvalue weighted by Crippen LogP contribution is -2.02. The molecular weight excluding hydrogens is 354 g/mol. The van der Waals surface area contributed by atoms with Gasteiger partial charge in [-0.1, -0.05) is 11.6 Å². The van der Waals surface area contributed by atoms with Crippen molar-refractivity contribution in [2.75, 3.05) is 19.0 Å². The Morgan fingerprint density at radius 1 is 1.19 bits per heavy atom. The molecule has 3 nitrogen and oxygen atoms in total. The lowest BCUT2D eigenvalue weighted by Gasteiger charge is -2.14. The van der Waals surface area contributed by atoms with Gasteiger partial charge in [0.2, 0.25) is 0 Å². The first kappa shape index (κ1) is 16.0. The molecule has 0 atom stereocenters. The number of ether oxygens (including phenoxy) is 2. The second kappa shape index (κ2) is 7.57. The second-order valence-corrected chi connectivity index (χ2v) is 5.69. The van der Waals surface area contributed by atoms with Crippen LogP contribution in [0, 0.1) is 0 Å². The molecule has 5 heteroatoms. The molecule has 0 aliphatic carbocycles. The van der Waals surface area contributed by atoms with Gasteiger partial charge in [-0.3, -0.25) is 0 Å². The minimum atomic E-state index is 0.594. The topological polar surface area (TPSA) is 30.5 Å². The number of rotatable bonds is 6. The Balaban J connectivity index is 2.14. The smallest absolute Gasteiger partial charge is 0.174 e. The summed E-state index contributed by atoms with van der Waals surface area (Å²) < 4.78 is 11.8. The zero-order chi connectivity index (χ0) is 15.2. The van der Waals surface area contributed by atoms with Crippen molar-refractivity contribution < 1.29 is 9.47 Å². The van der Waals surface area contributed by atoms with Crippen molar-refractivity contribution in [3.63, 3.8) is 0 Å². The Labute approximate surface area is 138 Å². The van der Waals surface area contributed by atoms with E-state index >= 15 is 0 Å². The number of halogens is 2. The van der Waals surface area contributed by atoms with Crippen LogP contribution in [0.15, 0.2) is 40.9 Å². The van der Waals surface area contributed by atoms with E-state index in [0.29, 0.717) is 18.9 Å². The molecule has 0 spiro atoms. The molecule has 0 amide bonds. The number of hydrogen-bond acceptors (Lipinski definition) is 3. The number of hydrogen-bond donors (Lipinski definition) is 1. The fourth-order valence-corrected chi connectivity index (χ4v) is 2.73. The first-order chi connectivity index (χ1) is 10.1. The molecule has 0 aromatic heterocycles. The average Bonchev–Trinajstić information content (AvgIpc) is 2.47. The highest BCUT2D eigenvalue weighted by atomic mass is 79.9. The van der Waals surface area contributed by atoms with Gasteiger partial charge in [0.15, 0.2) is 11.5 Å². The molecule has 0 saturated carbocycles. The van der Waals surface area contributed by atoms with Crippen LogP contribution in [0.5, 0.6) is 11.5 Å². The zero-order valence-corrected chi connectivity index (χ0v) is 14.3. The van der Waals surface area contributed by atoms with Crippen molar-refractivity contribution in [2.24, 2.45) is 0 Å². The third-order valence-corrected chi connectivity index (χ3v) is 3.76. The van der Waals surface area contributed by atoms with Gasteiger partial charge in [-0.2, -0.15) is 0 Å². The van der Waals surface area contributed by atoms with Gasteiger partial charge in [0, 0.05) is 17.3 Å². The monoisotopic (exact) mass is 369 g/mol. The summed E-state index contributed by atoms with van der Waals surface area (Å²) in [5.41, 5.74) is 2.12. The molecule has 21 heavy (non-hydrogen) atoms. The third kappa shape index (κ3) is 4.29. The van der Waals surface area contributed by atoms with Gasteiger partial charge >= 0.3 is 0 Å². The molecule has 0 aliphatic heterocycles. The van der Waals surface area contributed by atoms with Crippen LogP contribution in [-0.2, 0) is 6.54 Å². The molecule has 2 aromatic carbocycles. The standard InChI is InChI=1S/C16H17BrClNO2/c1-3-21-15-9-11(8-14(17)16(15)20-2)10-19-13-6-4-12(18)5-7-13/h4-9,19H,3,10H2,1-2H3.